The summed E-state index contributed by atoms with van der Waals surface area (Å²) in [7, 11) is 1.70. The van der Waals surface area contributed by atoms with E-state index in [1.54, 1.807) is 7.11 Å². The molecule has 0 saturated carbocycles. The number of ether oxygens (including phenoxy) is 3. The number of H-pyrrole nitrogens is 1. The number of aryl methyl sites for hydroxylation is 1. The Bertz CT molecular complexity index is 1260. The van der Waals surface area contributed by atoms with Crippen molar-refractivity contribution in [1.82, 2.24) is 14.9 Å². The number of rotatable bonds is 3. The summed E-state index contributed by atoms with van der Waals surface area (Å²) in [6.07, 6.45) is 15.0. The molecular weight excluding hydrogens is 490 g/mol. The van der Waals surface area contributed by atoms with Gasteiger partial charge >= 0.3 is 6.09 Å². The topological polar surface area (TPSA) is 76.7 Å². The summed E-state index contributed by atoms with van der Waals surface area (Å²) >= 11 is 6.22. The van der Waals surface area contributed by atoms with Crippen molar-refractivity contribution in [3.8, 4) is 0 Å². The van der Waals surface area contributed by atoms with Gasteiger partial charge in [-0.05, 0) is 64.2 Å². The number of nitrogens with one attached hydrogen (secondary N) is 1. The van der Waals surface area contributed by atoms with Gasteiger partial charge in [-0.1, -0.05) is 23.8 Å². The maximum Gasteiger partial charge on any atom is 0.410 e. The van der Waals surface area contributed by atoms with Crippen LogP contribution in [0.1, 0.15) is 62.8 Å². The summed E-state index contributed by atoms with van der Waals surface area (Å²) in [6.45, 7) is 6.88. The number of fused-ring (bicyclic) bond motifs is 6. The number of carbonyl (C=O) groups excluding carboxylic acids is 1. The van der Waals surface area contributed by atoms with Crippen LogP contribution in [-0.4, -0.2) is 46.8 Å². The van der Waals surface area contributed by atoms with Gasteiger partial charge in [0.1, 0.15) is 17.2 Å². The maximum atomic E-state index is 13.1. The molecule has 6 rings (SSSR count). The van der Waals surface area contributed by atoms with E-state index in [1.807, 2.05) is 44.1 Å². The molecule has 8 heteroatoms. The van der Waals surface area contributed by atoms with Crippen LogP contribution in [0.5, 0.6) is 0 Å². The van der Waals surface area contributed by atoms with E-state index in [0.717, 1.165) is 52.8 Å². The van der Waals surface area contributed by atoms with E-state index in [-0.39, 0.29) is 29.9 Å². The van der Waals surface area contributed by atoms with Crippen molar-refractivity contribution in [2.45, 2.75) is 57.6 Å². The Morgan fingerprint density at radius 1 is 1.32 bits per heavy atom. The Kier molecular flexibility index (Phi) is 6.11. The molecule has 1 aromatic rings. The Hall–Kier alpha value is -2.77. The zero-order valence-corrected chi connectivity index (χ0v) is 22.5. The number of likely N-dealkylation sites (tertiary alicyclic amines) is 1. The minimum atomic E-state index is -0.558. The fourth-order valence-corrected chi connectivity index (χ4v) is 6.47. The highest BCUT2D eigenvalue weighted by atomic mass is 35.5. The van der Waals surface area contributed by atoms with Crippen LogP contribution in [0.4, 0.5) is 4.79 Å². The number of methoxy groups -OCH3 is 1. The molecule has 2 aliphatic heterocycles. The minimum Gasteiger partial charge on any atom is -0.465 e. The van der Waals surface area contributed by atoms with Crippen molar-refractivity contribution in [1.29, 1.82) is 0 Å². The van der Waals surface area contributed by atoms with E-state index >= 15 is 0 Å². The standard InChI is InChI=1S/C29H34ClN3O4/c1-29(2,3)37-28(34)33-13-16(14-35-4)9-24(33)27-31-23-8-5-17-11-22-20-7-6-19(30)10-18(20)15-36-25(22)12-21(17)26(23)32-27/h6-7,10-12,15-17,20-21,24H,5,8-9,13-14H2,1-4H3,(H,31,32)/t16-,17?,20?,21?,24-/m0/s1. The number of amides is 1. The van der Waals surface area contributed by atoms with Gasteiger partial charge in [-0.2, -0.15) is 0 Å². The van der Waals surface area contributed by atoms with Crippen molar-refractivity contribution in [2.75, 3.05) is 20.3 Å². The number of imidazole rings is 1. The van der Waals surface area contributed by atoms with E-state index in [1.165, 1.54) is 5.57 Å². The molecule has 196 valence electrons. The lowest BCUT2D eigenvalue weighted by Gasteiger charge is -2.36. The highest BCUT2D eigenvalue weighted by Gasteiger charge is 2.42. The van der Waals surface area contributed by atoms with E-state index in [9.17, 15) is 4.79 Å². The van der Waals surface area contributed by atoms with Gasteiger partial charge in [-0.25, -0.2) is 9.78 Å². The van der Waals surface area contributed by atoms with Gasteiger partial charge in [0, 0.05) is 53.3 Å². The largest absolute Gasteiger partial charge is 0.465 e. The molecule has 3 unspecified atom stereocenters. The quantitative estimate of drug-likeness (QED) is 0.522. The van der Waals surface area contributed by atoms with Gasteiger partial charge in [0.05, 0.1) is 24.6 Å². The number of aromatic nitrogens is 2. The van der Waals surface area contributed by atoms with Gasteiger partial charge in [0.2, 0.25) is 0 Å². The van der Waals surface area contributed by atoms with Crippen LogP contribution in [0.2, 0.25) is 0 Å². The van der Waals surface area contributed by atoms with Crippen LogP contribution < -0.4 is 0 Å². The molecule has 7 nitrogen and oxygen atoms in total. The second-order valence-corrected chi connectivity index (χ2v) is 12.1. The average Bonchev–Trinajstić information content (AvgIpc) is 3.46. The molecule has 3 aliphatic carbocycles. The van der Waals surface area contributed by atoms with Crippen molar-refractivity contribution < 1.29 is 19.0 Å². The first-order valence-corrected chi connectivity index (χ1v) is 13.5. The zero-order chi connectivity index (χ0) is 25.9. The number of hydrogen-bond donors (Lipinski definition) is 1. The lowest BCUT2D eigenvalue weighted by atomic mass is 9.72. The second-order valence-electron chi connectivity index (χ2n) is 11.7. The summed E-state index contributed by atoms with van der Waals surface area (Å²) in [5, 5.41) is 0.722. The number of carbonyl (C=O) groups is 1. The van der Waals surface area contributed by atoms with Gasteiger partial charge in [0.15, 0.2) is 0 Å². The molecule has 5 atom stereocenters. The van der Waals surface area contributed by atoms with E-state index in [0.29, 0.717) is 19.1 Å². The summed E-state index contributed by atoms with van der Waals surface area (Å²) < 4.78 is 17.2. The van der Waals surface area contributed by atoms with Crippen LogP contribution in [0, 0.1) is 17.8 Å². The van der Waals surface area contributed by atoms with Gasteiger partial charge in [0.25, 0.3) is 0 Å². The summed E-state index contributed by atoms with van der Waals surface area (Å²) in [6, 6.07) is -0.165. The van der Waals surface area contributed by atoms with Gasteiger partial charge in [-0.3, -0.25) is 4.90 Å². The number of halogens is 1. The number of aromatic amines is 1. The Balaban J connectivity index is 1.29. The Morgan fingerprint density at radius 3 is 2.95 bits per heavy atom. The third-order valence-corrected chi connectivity index (χ3v) is 8.08. The zero-order valence-electron chi connectivity index (χ0n) is 21.8. The first-order valence-electron chi connectivity index (χ1n) is 13.1. The summed E-state index contributed by atoms with van der Waals surface area (Å²) in [5.74, 6) is 2.65. The molecule has 0 bridgehead atoms. The summed E-state index contributed by atoms with van der Waals surface area (Å²) in [4.78, 5) is 23.7. The van der Waals surface area contributed by atoms with Crippen LogP contribution in [0.15, 0.2) is 58.6 Å². The second kappa shape index (κ2) is 9.21. The van der Waals surface area contributed by atoms with Crippen molar-refractivity contribution >= 4 is 17.7 Å². The lowest BCUT2D eigenvalue weighted by molar-refractivity contribution is 0.0208. The van der Waals surface area contributed by atoms with Crippen LogP contribution in [0.25, 0.3) is 0 Å². The Labute approximate surface area is 222 Å². The SMILES string of the molecule is COC[C@H]1C[C@@H](c2nc3c([nH]2)CCC2C=C4C(=CC32)OC=C2C=C(Cl)C=CC24)N(C(=O)OC(C)(C)C)C1. The molecule has 37 heavy (non-hydrogen) atoms. The van der Waals surface area contributed by atoms with Crippen molar-refractivity contribution in [3.63, 3.8) is 0 Å². The summed E-state index contributed by atoms with van der Waals surface area (Å²) in [5.41, 5.74) is 3.96. The molecule has 0 radical (unpaired) electrons. The average molecular weight is 524 g/mol. The third-order valence-electron chi connectivity index (χ3n) is 7.85. The van der Waals surface area contributed by atoms with E-state index < -0.39 is 5.60 Å². The number of allylic oxidation sites excluding steroid dienone is 8. The molecule has 5 aliphatic rings. The van der Waals surface area contributed by atoms with Crippen molar-refractivity contribution in [2.24, 2.45) is 17.8 Å². The molecule has 0 aromatic carbocycles. The normalized spacial score (nSPS) is 30.1. The molecule has 1 fully saturated rings. The third kappa shape index (κ3) is 4.57. The fraction of sp³-hybridized carbons (Fsp3) is 0.517. The molecule has 1 amide bonds. The molecule has 3 heterocycles. The lowest BCUT2D eigenvalue weighted by Crippen LogP contribution is -2.37. The van der Waals surface area contributed by atoms with Crippen LogP contribution >= 0.6 is 11.6 Å². The van der Waals surface area contributed by atoms with Gasteiger partial charge < -0.3 is 19.2 Å². The minimum absolute atomic E-state index is 0.139. The molecule has 1 N–H and O–H groups in total. The molecule has 0 spiro atoms. The van der Waals surface area contributed by atoms with Gasteiger partial charge in [-0.15, -0.1) is 0 Å². The Morgan fingerprint density at radius 2 is 2.16 bits per heavy atom. The first-order chi connectivity index (χ1) is 17.7. The number of nitrogens with zero attached hydrogens (tertiary/aromatic N) is 2. The predicted octanol–water partition coefficient (Wildman–Crippen LogP) is 6.05. The number of hydrogen-bond acceptors (Lipinski definition) is 5. The van der Waals surface area contributed by atoms with E-state index in [2.05, 4.69) is 23.2 Å². The highest BCUT2D eigenvalue weighted by Crippen LogP contribution is 2.48. The molecule has 1 saturated heterocycles. The molecule has 1 aromatic heterocycles. The highest BCUT2D eigenvalue weighted by molar-refractivity contribution is 6.31. The first kappa shape index (κ1) is 24.6. The van der Waals surface area contributed by atoms with Crippen LogP contribution in [-0.2, 0) is 20.6 Å². The fourth-order valence-electron chi connectivity index (χ4n) is 6.27. The van der Waals surface area contributed by atoms with Crippen LogP contribution in [0.3, 0.4) is 0 Å². The van der Waals surface area contributed by atoms with Crippen molar-refractivity contribution in [3.05, 3.63) is 75.8 Å². The smallest absolute Gasteiger partial charge is 0.410 e. The molecular formula is C29H34ClN3O4. The van der Waals surface area contributed by atoms with E-state index in [4.69, 9.17) is 30.8 Å². The predicted molar refractivity (Wildman–Crippen MR) is 141 cm³/mol. The monoisotopic (exact) mass is 523 g/mol. The maximum absolute atomic E-state index is 13.1.